The Morgan fingerprint density at radius 3 is 1.31 bits per heavy atom. The number of likely N-dealkylation sites (tertiary alicyclic amines) is 2. The zero-order valence-electron chi connectivity index (χ0n) is 96.5. The highest BCUT2D eigenvalue weighted by atomic mass is 32.2. The van der Waals surface area contributed by atoms with E-state index < -0.39 is 340 Å². The number of aromatic nitrogens is 2. The molecular formula is C82H80F10N6O6S2. The lowest BCUT2D eigenvalue weighted by atomic mass is 10.00. The predicted octanol–water partition coefficient (Wildman–Crippen LogP) is 17.4. The number of fused-ring (bicyclic) bond motifs is 2. The van der Waals surface area contributed by atoms with Gasteiger partial charge in [0.05, 0.1) is 72.8 Å². The number of carbonyl (C=O) groups excluding carboxylic acids is 2. The van der Waals surface area contributed by atoms with E-state index in [4.69, 9.17) is 38.4 Å². The number of benzene rings is 8. The molecule has 10 aromatic rings. The second-order valence-electron chi connectivity index (χ2n) is 22.2. The van der Waals surface area contributed by atoms with E-state index in [0.717, 1.165) is 111 Å². The van der Waals surface area contributed by atoms with Crippen LogP contribution in [0.1, 0.15) is 128 Å². The summed E-state index contributed by atoms with van der Waals surface area (Å²) in [6.45, 7) is -38.3. The molecule has 12 rings (SSSR count). The highest BCUT2D eigenvalue weighted by molar-refractivity contribution is 7.98. The lowest BCUT2D eigenvalue weighted by Gasteiger charge is -2.39. The van der Waals surface area contributed by atoms with E-state index in [1.807, 2.05) is 0 Å². The van der Waals surface area contributed by atoms with Gasteiger partial charge in [-0.05, 0) is 133 Å². The Kier molecular flexibility index (Phi) is 13.3. The molecule has 2 aromatic heterocycles. The number of ether oxygens (including phenoxy) is 2. The summed E-state index contributed by atoms with van der Waals surface area (Å²) in [6.07, 6.45) is -27.6. The van der Waals surface area contributed by atoms with Gasteiger partial charge >= 0.3 is 12.4 Å². The third-order valence-corrected chi connectivity index (χ3v) is 16.9. The van der Waals surface area contributed by atoms with Crippen molar-refractivity contribution < 1.29 is 121 Å². The number of methoxy groups -OCH3 is 2. The van der Waals surface area contributed by atoms with Crippen molar-refractivity contribution in [3.63, 3.8) is 0 Å². The summed E-state index contributed by atoms with van der Waals surface area (Å²) in [5, 5.41) is -4.45. The van der Waals surface area contributed by atoms with Crippen molar-refractivity contribution in [3.05, 3.63) is 270 Å². The normalized spacial score (nSPS) is 25.3. The van der Waals surface area contributed by atoms with E-state index in [2.05, 4.69) is 9.47 Å². The molecule has 24 heteroatoms. The van der Waals surface area contributed by atoms with Gasteiger partial charge in [0.1, 0.15) is 13.0 Å². The van der Waals surface area contributed by atoms with Crippen LogP contribution in [0.25, 0.3) is 44.1 Å². The maximum Gasteiger partial charge on any atom is 0.416 e. The molecule has 2 fully saturated rings. The first-order valence-electron chi connectivity index (χ1n) is 51.6. The topological polar surface area (TPSA) is 110 Å². The Hall–Kier alpha value is -9.04. The fourth-order valence-corrected chi connectivity index (χ4v) is 11.5. The van der Waals surface area contributed by atoms with Gasteiger partial charge in [-0.1, -0.05) is 120 Å². The molecule has 2 saturated heterocycles. The van der Waals surface area contributed by atoms with Crippen LogP contribution in [0.5, 0.6) is 0 Å². The minimum Gasteiger partial charge on any atom is -0.383 e. The van der Waals surface area contributed by atoms with Gasteiger partial charge < -0.3 is 38.2 Å². The van der Waals surface area contributed by atoms with Crippen molar-refractivity contribution in [2.45, 2.75) is 111 Å². The van der Waals surface area contributed by atoms with Crippen LogP contribution in [-0.2, 0) is 69.0 Å². The minimum atomic E-state index is -4.73. The number of nitrogens with zero attached hydrogens (tertiary/aromatic N) is 6. The van der Waals surface area contributed by atoms with Crippen molar-refractivity contribution in [2.24, 2.45) is 0 Å². The average molecular weight is 1540 g/mol. The van der Waals surface area contributed by atoms with Crippen LogP contribution in [0, 0.1) is 37.1 Å². The van der Waals surface area contributed by atoms with E-state index in [-0.39, 0.29) is 59.2 Å². The van der Waals surface area contributed by atoms with E-state index in [0.29, 0.717) is 12.1 Å². The fraction of sp³-hybridized carbons (Fsp3) is 0.317. The zero-order chi connectivity index (χ0) is 113. The average Bonchev–Trinajstić information content (AvgIpc) is 0.659. The van der Waals surface area contributed by atoms with Gasteiger partial charge in [-0.3, -0.25) is 19.2 Å². The summed E-state index contributed by atoms with van der Waals surface area (Å²) in [5.74, 6) is -11.9. The van der Waals surface area contributed by atoms with Gasteiger partial charge in [0.15, 0.2) is 34.1 Å². The van der Waals surface area contributed by atoms with Crippen LogP contribution in [0.15, 0.2) is 201 Å². The number of rotatable bonds is 24. The van der Waals surface area contributed by atoms with Gasteiger partial charge in [0, 0.05) is 154 Å². The van der Waals surface area contributed by atoms with Gasteiger partial charge in [0.2, 0.25) is 11.8 Å². The fourth-order valence-electron chi connectivity index (χ4n) is 9.83. The van der Waals surface area contributed by atoms with Crippen LogP contribution in [0.2, 0.25) is 0 Å². The van der Waals surface area contributed by atoms with Gasteiger partial charge in [0.25, 0.3) is 0 Å². The molecule has 12 nitrogen and oxygen atoms in total. The highest BCUT2D eigenvalue weighted by Crippen LogP contribution is 2.36. The SMILES string of the molecule is [2H]c1c(C)c([2H])c2c(=O)c([2H])c(SC([2H])([2H])c3cccc(F)c3F)n(C([2H])([2H])C(=O)N(Cc3ccc(-c4ccc(C(F)(F)F)cc4)cc3)C3([2H])C([2H])([2H])C([2H])([2H])N(C([2H])([2H])COC([2H])([2H])[2H])C([2H])([2H])C3([2H])[2H])c2c1[2H].[2H]c1c(C)c([2H])c2c(=O)c([2H])c(SCc3cccc(F)c3F)n(C([2H])([2H])C(=O)N(Cc3ccc(-c4ccc(C(F)(F)F)cc4)cc3)C3([2H])C([2H])([2H])C([2H])([2H])N(C([2H])([2H])COC([2H])([2H])[2H])C([2H])([2H])C3([2H])[2H])c2c1[2H]. The van der Waals surface area contributed by atoms with Crippen molar-refractivity contribution in [3.8, 4) is 22.3 Å². The number of hydrogen-bond acceptors (Lipinski definition) is 10. The third-order valence-electron chi connectivity index (χ3n) is 15.0. The first-order chi connectivity index (χ1) is 67.0. The molecule has 0 bridgehead atoms. The molecule has 556 valence electrons. The number of pyridine rings is 2. The third kappa shape index (κ3) is 19.6. The van der Waals surface area contributed by atoms with E-state index in [1.165, 1.54) is 24.3 Å². The monoisotopic (exact) mass is 1540 g/mol. The summed E-state index contributed by atoms with van der Waals surface area (Å²) >= 11 is -0.276. The summed E-state index contributed by atoms with van der Waals surface area (Å²) in [5.41, 5.74) is -13.3. The summed E-state index contributed by atoms with van der Waals surface area (Å²) < 4.78 is 519. The van der Waals surface area contributed by atoms with Crippen LogP contribution in [0.3, 0.4) is 0 Å². The van der Waals surface area contributed by atoms with Gasteiger partial charge in [-0.25, -0.2) is 17.6 Å². The van der Waals surface area contributed by atoms with Crippen molar-refractivity contribution >= 4 is 57.1 Å². The second kappa shape index (κ2) is 35.1. The molecule has 2 amide bonds. The number of thioether (sulfide) groups is 2. The molecule has 0 spiro atoms. The Balaban J connectivity index is 0.000000281. The van der Waals surface area contributed by atoms with Crippen LogP contribution in [-0.4, -0.2) is 119 Å². The quantitative estimate of drug-likeness (QED) is 0.0428. The largest absolute Gasteiger partial charge is 0.416 e. The Morgan fingerprint density at radius 2 is 0.915 bits per heavy atom. The maximum atomic E-state index is 15.7. The van der Waals surface area contributed by atoms with Gasteiger partial charge in [-0.15, -0.1) is 23.5 Å². The molecule has 0 radical (unpaired) electrons. The lowest BCUT2D eigenvalue weighted by molar-refractivity contribution is -0.138. The van der Waals surface area contributed by atoms with E-state index in [9.17, 15) is 63.9 Å². The molecule has 8 aromatic carbocycles. The molecule has 0 unspecified atom stereocenters. The van der Waals surface area contributed by atoms with Crippen molar-refractivity contribution in [1.29, 1.82) is 0 Å². The standard InChI is InChI=1S/2C41H40F5N3O3S/c2*1-27-6-15-36-34(22-27)37(50)23-39(53-26-31-4-3-5-35(42)40(31)43)49(36)25-38(51)48(33-16-18-47(19-17-33)20-21-52-2)24-28-7-9-29(10-8-28)30-11-13-32(14-12-30)41(44,45)46/h2*3-15,22-23,33H,16-21,24-26H2,1-2H3/i2D3,6D,15D,16D2,17D2,18D2,19D2,20D2,22D,23D,25D2,26D2,33D;2D3,6D,15D,16D2,17D2,18D2,19D2,20D2,22D,23D,25D2,33D. The smallest absolute Gasteiger partial charge is 0.383 e. The van der Waals surface area contributed by atoms with Crippen LogP contribution in [0.4, 0.5) is 43.9 Å². The molecule has 0 atom stereocenters. The number of alkyl halides is 6. The molecule has 2 aliphatic rings. The Labute approximate surface area is 675 Å². The van der Waals surface area contributed by atoms with Crippen LogP contribution < -0.4 is 10.9 Å². The highest BCUT2D eigenvalue weighted by Gasteiger charge is 2.34. The Bertz CT molecular complexity index is 6950. The van der Waals surface area contributed by atoms with E-state index in [1.54, 1.807) is 0 Å². The molecule has 0 saturated carbocycles. The summed E-state index contributed by atoms with van der Waals surface area (Å²) in [4.78, 5) is 57.2. The number of carbonyl (C=O) groups is 2. The lowest BCUT2D eigenvalue weighted by Crippen LogP contribution is -2.48. The number of hydrogen-bond donors (Lipinski definition) is 0. The molecule has 4 heterocycles. The zero-order valence-corrected chi connectivity index (χ0v) is 56.1. The Morgan fingerprint density at radius 1 is 0.538 bits per heavy atom. The first-order valence-corrected chi connectivity index (χ1v) is 32.4. The molecule has 0 aliphatic carbocycles. The van der Waals surface area contributed by atoms with Crippen LogP contribution >= 0.6 is 23.5 Å². The number of piperidine rings is 2. The molecular weight excluding hydrogens is 1420 g/mol. The maximum absolute atomic E-state index is 15.7. The minimum absolute atomic E-state index is 0.0898. The van der Waals surface area contributed by atoms with Crippen molar-refractivity contribution in [2.75, 3.05) is 66.3 Å². The first kappa shape index (κ1) is 40.2. The second-order valence-corrected chi connectivity index (χ2v) is 24.0. The van der Waals surface area contributed by atoms with E-state index >= 15 is 18.4 Å². The molecule has 2 aliphatic heterocycles. The summed E-state index contributed by atoms with van der Waals surface area (Å²) in [6, 6.07) is 3.44. The predicted molar refractivity (Wildman–Crippen MR) is 395 cm³/mol. The van der Waals surface area contributed by atoms with Crippen molar-refractivity contribution in [1.82, 2.24) is 28.7 Å². The summed E-state index contributed by atoms with van der Waals surface area (Å²) in [7, 11) is -6.91. The van der Waals surface area contributed by atoms with Gasteiger partial charge in [-0.2, -0.15) is 26.3 Å². The number of amides is 2. The molecule has 0 N–H and O–H groups in total. The molecule has 106 heavy (non-hydrogen) atoms. The number of halogens is 10.